The Bertz CT molecular complexity index is 486. The van der Waals surface area contributed by atoms with Crippen molar-refractivity contribution < 1.29 is 9.84 Å². The van der Waals surface area contributed by atoms with Crippen molar-refractivity contribution in [2.24, 2.45) is 5.92 Å². The van der Waals surface area contributed by atoms with Crippen LogP contribution in [0.5, 0.6) is 5.75 Å². The van der Waals surface area contributed by atoms with Crippen molar-refractivity contribution in [3.05, 3.63) is 27.7 Å². The second-order valence-electron chi connectivity index (χ2n) is 6.67. The van der Waals surface area contributed by atoms with Gasteiger partial charge in [0.1, 0.15) is 5.75 Å². The molecule has 2 rings (SSSR count). The molecule has 1 unspecified atom stereocenters. The number of halogens is 1. The van der Waals surface area contributed by atoms with Gasteiger partial charge in [-0.05, 0) is 55.6 Å². The van der Waals surface area contributed by atoms with Gasteiger partial charge in [0.2, 0.25) is 0 Å². The topological polar surface area (TPSA) is 41.5 Å². The highest BCUT2D eigenvalue weighted by molar-refractivity contribution is 9.10. The zero-order valence-corrected chi connectivity index (χ0v) is 14.8. The van der Waals surface area contributed by atoms with E-state index in [4.69, 9.17) is 4.74 Å². The molecule has 0 amide bonds. The normalized spacial score (nSPS) is 16.7. The van der Waals surface area contributed by atoms with Crippen LogP contribution in [0.15, 0.2) is 16.6 Å². The number of nitrogens with one attached hydrogen (secondary N) is 1. The fourth-order valence-electron chi connectivity index (χ4n) is 2.72. The van der Waals surface area contributed by atoms with Gasteiger partial charge in [-0.2, -0.15) is 0 Å². The van der Waals surface area contributed by atoms with Crippen LogP contribution in [0.25, 0.3) is 0 Å². The molecule has 1 aromatic rings. The summed E-state index contributed by atoms with van der Waals surface area (Å²) in [6.07, 6.45) is 2.32. The number of benzene rings is 1. The molecule has 3 nitrogen and oxygen atoms in total. The van der Waals surface area contributed by atoms with Crippen LogP contribution in [0.2, 0.25) is 0 Å². The molecule has 0 aliphatic carbocycles. The lowest BCUT2D eigenvalue weighted by Crippen LogP contribution is -2.33. The molecule has 1 aliphatic heterocycles. The molecule has 0 saturated carbocycles. The van der Waals surface area contributed by atoms with Gasteiger partial charge < -0.3 is 15.2 Å². The van der Waals surface area contributed by atoms with Crippen molar-refractivity contribution in [3.63, 3.8) is 0 Å². The minimum absolute atomic E-state index is 0.623. The Morgan fingerprint density at radius 1 is 1.43 bits per heavy atom. The van der Waals surface area contributed by atoms with Gasteiger partial charge in [-0.1, -0.05) is 29.8 Å². The summed E-state index contributed by atoms with van der Waals surface area (Å²) in [7, 11) is 0. The molecule has 4 heteroatoms. The first kappa shape index (κ1) is 16.8. The van der Waals surface area contributed by atoms with Crippen molar-refractivity contribution in [2.45, 2.75) is 45.6 Å². The monoisotopic (exact) mass is 355 g/mol. The summed E-state index contributed by atoms with van der Waals surface area (Å²) in [5, 5.41) is 14.0. The number of aliphatic hydroxyl groups is 1. The Labute approximate surface area is 136 Å². The molecule has 118 valence electrons. The minimum atomic E-state index is -0.718. The zero-order chi connectivity index (χ0) is 15.5. The van der Waals surface area contributed by atoms with Crippen LogP contribution in [0.4, 0.5) is 0 Å². The highest BCUT2D eigenvalue weighted by atomic mass is 79.9. The van der Waals surface area contributed by atoms with Gasteiger partial charge in [-0.25, -0.2) is 0 Å². The highest BCUT2D eigenvalue weighted by Crippen LogP contribution is 2.35. The third-order valence-electron chi connectivity index (χ3n) is 3.79. The SMILES string of the molecule is CC(C)CNCCC(C)(O)Cc1cc(Br)cc2c1OCC2. The standard InChI is InChI=1S/C17H26BrNO2/c1-12(2)11-19-6-5-17(3,20)10-14-9-15(18)8-13-4-7-21-16(13)14/h8-9,12,19-20H,4-7,10-11H2,1-3H3. The molecule has 0 saturated heterocycles. The van der Waals surface area contributed by atoms with Gasteiger partial charge in [-0.3, -0.25) is 0 Å². The minimum Gasteiger partial charge on any atom is -0.493 e. The summed E-state index contributed by atoms with van der Waals surface area (Å²) in [4.78, 5) is 0. The molecule has 1 heterocycles. The van der Waals surface area contributed by atoms with Crippen LogP contribution in [0, 0.1) is 5.92 Å². The third-order valence-corrected chi connectivity index (χ3v) is 4.25. The van der Waals surface area contributed by atoms with Crippen LogP contribution < -0.4 is 10.1 Å². The van der Waals surface area contributed by atoms with Gasteiger partial charge in [0, 0.05) is 17.3 Å². The average molecular weight is 356 g/mol. The molecule has 1 atom stereocenters. The van der Waals surface area contributed by atoms with E-state index < -0.39 is 5.60 Å². The number of hydrogen-bond acceptors (Lipinski definition) is 3. The summed E-state index contributed by atoms with van der Waals surface area (Å²) in [6, 6.07) is 4.19. The van der Waals surface area contributed by atoms with Crippen LogP contribution in [0.3, 0.4) is 0 Å². The van der Waals surface area contributed by atoms with Gasteiger partial charge >= 0.3 is 0 Å². The summed E-state index contributed by atoms with van der Waals surface area (Å²) >= 11 is 3.55. The van der Waals surface area contributed by atoms with E-state index >= 15 is 0 Å². The largest absolute Gasteiger partial charge is 0.493 e. The fourth-order valence-corrected chi connectivity index (χ4v) is 3.28. The van der Waals surface area contributed by atoms with E-state index in [1.54, 1.807) is 0 Å². The smallest absolute Gasteiger partial charge is 0.125 e. The molecule has 0 radical (unpaired) electrons. The predicted octanol–water partition coefficient (Wildman–Crippen LogP) is 3.31. The second-order valence-corrected chi connectivity index (χ2v) is 7.59. The molecule has 1 aromatic carbocycles. The Morgan fingerprint density at radius 2 is 2.19 bits per heavy atom. The van der Waals surface area contributed by atoms with Crippen molar-refractivity contribution in [1.82, 2.24) is 5.32 Å². The second kappa shape index (κ2) is 7.12. The lowest BCUT2D eigenvalue weighted by Gasteiger charge is -2.25. The van der Waals surface area contributed by atoms with E-state index in [1.165, 1.54) is 5.56 Å². The number of hydrogen-bond donors (Lipinski definition) is 2. The van der Waals surface area contributed by atoms with E-state index in [0.717, 1.165) is 48.3 Å². The molecule has 2 N–H and O–H groups in total. The number of fused-ring (bicyclic) bond motifs is 1. The summed E-state index contributed by atoms with van der Waals surface area (Å²) < 4.78 is 6.81. The average Bonchev–Trinajstić information content (AvgIpc) is 2.82. The first-order valence-corrected chi connectivity index (χ1v) is 8.54. The molecule has 0 aromatic heterocycles. The summed E-state index contributed by atoms with van der Waals surface area (Å²) in [5.74, 6) is 1.62. The first-order valence-electron chi connectivity index (χ1n) is 7.74. The van der Waals surface area contributed by atoms with E-state index in [2.05, 4.69) is 47.2 Å². The first-order chi connectivity index (χ1) is 9.87. The number of rotatable bonds is 7. The van der Waals surface area contributed by atoms with Crippen LogP contribution in [-0.4, -0.2) is 30.4 Å². The van der Waals surface area contributed by atoms with E-state index in [9.17, 15) is 5.11 Å². The quantitative estimate of drug-likeness (QED) is 0.737. The Hall–Kier alpha value is -0.580. The lowest BCUT2D eigenvalue weighted by atomic mass is 9.91. The van der Waals surface area contributed by atoms with Crippen molar-refractivity contribution in [2.75, 3.05) is 19.7 Å². The zero-order valence-electron chi connectivity index (χ0n) is 13.2. The molecule has 21 heavy (non-hydrogen) atoms. The maximum absolute atomic E-state index is 10.6. The highest BCUT2D eigenvalue weighted by Gasteiger charge is 2.25. The van der Waals surface area contributed by atoms with Gasteiger partial charge in [0.15, 0.2) is 0 Å². The Balaban J connectivity index is 1.97. The van der Waals surface area contributed by atoms with E-state index in [-0.39, 0.29) is 0 Å². The molecule has 0 spiro atoms. The Kier molecular flexibility index (Phi) is 5.69. The van der Waals surface area contributed by atoms with Gasteiger partial charge in [-0.15, -0.1) is 0 Å². The van der Waals surface area contributed by atoms with Gasteiger partial charge in [0.05, 0.1) is 12.2 Å². The maximum Gasteiger partial charge on any atom is 0.125 e. The van der Waals surface area contributed by atoms with Crippen molar-refractivity contribution in [3.8, 4) is 5.75 Å². The summed E-state index contributed by atoms with van der Waals surface area (Å²) in [6.45, 7) is 8.86. The van der Waals surface area contributed by atoms with Gasteiger partial charge in [0.25, 0.3) is 0 Å². The van der Waals surface area contributed by atoms with E-state index in [0.29, 0.717) is 12.3 Å². The lowest BCUT2D eigenvalue weighted by molar-refractivity contribution is 0.0507. The predicted molar refractivity (Wildman–Crippen MR) is 90.0 cm³/mol. The van der Waals surface area contributed by atoms with Crippen molar-refractivity contribution >= 4 is 15.9 Å². The summed E-state index contributed by atoms with van der Waals surface area (Å²) in [5.41, 5.74) is 1.63. The number of ether oxygens (including phenoxy) is 1. The van der Waals surface area contributed by atoms with Crippen LogP contribution in [0.1, 0.15) is 38.3 Å². The third kappa shape index (κ3) is 4.97. The maximum atomic E-state index is 10.6. The van der Waals surface area contributed by atoms with Crippen LogP contribution in [-0.2, 0) is 12.8 Å². The van der Waals surface area contributed by atoms with Crippen LogP contribution >= 0.6 is 15.9 Å². The molecular formula is C17H26BrNO2. The molecule has 1 aliphatic rings. The molecule has 0 bridgehead atoms. The molecular weight excluding hydrogens is 330 g/mol. The molecule has 0 fully saturated rings. The van der Waals surface area contributed by atoms with Crippen molar-refractivity contribution in [1.29, 1.82) is 0 Å². The Morgan fingerprint density at radius 3 is 2.90 bits per heavy atom. The van der Waals surface area contributed by atoms with E-state index in [1.807, 2.05) is 6.92 Å². The fraction of sp³-hybridized carbons (Fsp3) is 0.647.